The molecule has 2 unspecified atom stereocenters. The molecular weight excluding hydrogens is 438 g/mol. The van der Waals surface area contributed by atoms with Gasteiger partial charge in [0.05, 0.1) is 23.0 Å². The number of primary amides is 1. The maximum Gasteiger partial charge on any atom is 0.317 e. The third kappa shape index (κ3) is 3.13. The van der Waals surface area contributed by atoms with Crippen LogP contribution in [-0.4, -0.2) is 21.2 Å². The highest BCUT2D eigenvalue weighted by Crippen LogP contribution is 2.39. The highest BCUT2D eigenvalue weighted by molar-refractivity contribution is 9.10. The molecule has 7 nitrogen and oxygen atoms in total. The molecule has 1 aliphatic rings. The van der Waals surface area contributed by atoms with E-state index in [0.717, 1.165) is 10.0 Å². The molecule has 29 heavy (non-hydrogen) atoms. The van der Waals surface area contributed by atoms with Gasteiger partial charge in [0.2, 0.25) is 5.91 Å². The first-order valence-electron chi connectivity index (χ1n) is 9.15. The largest absolute Gasteiger partial charge is 0.369 e. The lowest BCUT2D eigenvalue weighted by Crippen LogP contribution is -2.44. The zero-order valence-electron chi connectivity index (χ0n) is 15.6. The van der Waals surface area contributed by atoms with Crippen LogP contribution in [0.4, 0.5) is 0 Å². The second kappa shape index (κ2) is 7.11. The molecule has 0 saturated carbocycles. The Morgan fingerprint density at radius 3 is 2.66 bits per heavy atom. The number of carbonyl (C=O) groups excluding carboxylic acids is 2. The Labute approximate surface area is 173 Å². The van der Waals surface area contributed by atoms with Crippen molar-refractivity contribution in [3.8, 4) is 0 Å². The molecule has 3 aromatic rings. The number of aromatic amines is 1. The van der Waals surface area contributed by atoms with Gasteiger partial charge in [-0.3, -0.25) is 23.7 Å². The van der Waals surface area contributed by atoms with Crippen LogP contribution >= 0.6 is 15.9 Å². The topological polar surface area (TPSA) is 115 Å². The number of hydrogen-bond acceptors (Lipinski definition) is 4. The van der Waals surface area contributed by atoms with E-state index in [9.17, 15) is 19.2 Å². The lowest BCUT2D eigenvalue weighted by Gasteiger charge is -2.33. The molecule has 2 atom stereocenters. The molecule has 0 spiro atoms. The predicted octanol–water partition coefficient (Wildman–Crippen LogP) is 2.41. The summed E-state index contributed by atoms with van der Waals surface area (Å²) >= 11 is 3.42. The number of nitrogens with zero attached hydrogens (tertiary/aromatic N) is 1. The van der Waals surface area contributed by atoms with E-state index < -0.39 is 29.0 Å². The Bertz CT molecular complexity index is 1290. The third-order valence-corrected chi connectivity index (χ3v) is 5.92. The summed E-state index contributed by atoms with van der Waals surface area (Å²) in [6.07, 6.45) is 1.03. The van der Waals surface area contributed by atoms with E-state index in [1.807, 2.05) is 6.07 Å². The number of carbonyl (C=O) groups is 2. The fourth-order valence-corrected chi connectivity index (χ4v) is 4.82. The second-order valence-electron chi connectivity index (χ2n) is 7.22. The van der Waals surface area contributed by atoms with Crippen LogP contribution in [-0.2, 0) is 11.2 Å². The van der Waals surface area contributed by atoms with Crippen LogP contribution in [0.5, 0.6) is 0 Å². The van der Waals surface area contributed by atoms with Gasteiger partial charge in [0.15, 0.2) is 5.78 Å². The van der Waals surface area contributed by atoms with E-state index >= 15 is 0 Å². The maximum absolute atomic E-state index is 12.9. The van der Waals surface area contributed by atoms with Gasteiger partial charge in [0, 0.05) is 10.0 Å². The number of rotatable bonds is 4. The molecule has 2 heterocycles. The molecule has 1 amide bonds. The van der Waals surface area contributed by atoms with Gasteiger partial charge >= 0.3 is 11.1 Å². The van der Waals surface area contributed by atoms with E-state index in [1.54, 1.807) is 30.3 Å². The van der Waals surface area contributed by atoms with Crippen LogP contribution in [0.2, 0.25) is 0 Å². The minimum absolute atomic E-state index is 0.199. The summed E-state index contributed by atoms with van der Waals surface area (Å²) in [6, 6.07) is 9.71. The van der Waals surface area contributed by atoms with Gasteiger partial charge in [-0.1, -0.05) is 40.2 Å². The van der Waals surface area contributed by atoms with E-state index in [0.29, 0.717) is 35.0 Å². The average Bonchev–Trinajstić information content (AvgIpc) is 2.66. The van der Waals surface area contributed by atoms with Gasteiger partial charge in [-0.2, -0.15) is 0 Å². The number of aromatic nitrogens is 2. The van der Waals surface area contributed by atoms with E-state index in [-0.39, 0.29) is 5.78 Å². The van der Waals surface area contributed by atoms with Gasteiger partial charge < -0.3 is 10.7 Å². The molecule has 0 saturated heterocycles. The van der Waals surface area contributed by atoms with Crippen molar-refractivity contribution < 1.29 is 9.59 Å². The first-order valence-corrected chi connectivity index (χ1v) is 9.95. The number of nitrogens with one attached hydrogen (secondary N) is 1. The van der Waals surface area contributed by atoms with E-state index in [2.05, 4.69) is 20.9 Å². The number of benzene rings is 2. The zero-order valence-corrected chi connectivity index (χ0v) is 17.2. The Hall–Kier alpha value is -3.00. The standard InChI is InChI=1S/C21H18BrN3O4/c1-10(26)13-4-2-3-5-14(13)17(19(23)27)16-7-6-11-8-12(22)9-15-18(11)25(16)21(29)20(28)24-15/h2-5,8-9,16-17H,6-7H2,1H3,(H2,23,27)(H,24,28). The first-order chi connectivity index (χ1) is 13.8. The lowest BCUT2D eigenvalue weighted by molar-refractivity contribution is -0.120. The fourth-order valence-electron chi connectivity index (χ4n) is 4.32. The normalized spacial score (nSPS) is 16.6. The quantitative estimate of drug-likeness (QED) is 0.464. The van der Waals surface area contributed by atoms with Gasteiger partial charge in [-0.15, -0.1) is 0 Å². The van der Waals surface area contributed by atoms with Crippen molar-refractivity contribution in [3.05, 3.63) is 78.3 Å². The van der Waals surface area contributed by atoms with Crippen molar-refractivity contribution in [1.29, 1.82) is 0 Å². The summed E-state index contributed by atoms with van der Waals surface area (Å²) in [5, 5.41) is 0. The second-order valence-corrected chi connectivity index (χ2v) is 8.14. The number of halogens is 1. The third-order valence-electron chi connectivity index (χ3n) is 5.46. The summed E-state index contributed by atoms with van der Waals surface area (Å²) in [4.78, 5) is 52.5. The fraction of sp³-hybridized carbons (Fsp3) is 0.238. The monoisotopic (exact) mass is 455 g/mol. The number of ketones is 1. The molecule has 0 bridgehead atoms. The molecule has 0 aliphatic carbocycles. The van der Waals surface area contributed by atoms with Crippen molar-refractivity contribution in [3.63, 3.8) is 0 Å². The Balaban J connectivity index is 2.03. The summed E-state index contributed by atoms with van der Waals surface area (Å²) in [5.41, 5.74) is 7.10. The van der Waals surface area contributed by atoms with Crippen molar-refractivity contribution in [1.82, 2.24) is 9.55 Å². The Morgan fingerprint density at radius 2 is 1.97 bits per heavy atom. The Kier molecular flexibility index (Phi) is 4.74. The number of Topliss-reactive ketones (excluding diaryl/α,β-unsaturated/α-hetero) is 1. The van der Waals surface area contributed by atoms with Gasteiger partial charge in [-0.25, -0.2) is 0 Å². The van der Waals surface area contributed by atoms with Crippen LogP contribution in [0, 0.1) is 0 Å². The summed E-state index contributed by atoms with van der Waals surface area (Å²) in [7, 11) is 0. The van der Waals surface area contributed by atoms with Crippen LogP contribution < -0.4 is 16.9 Å². The molecule has 4 rings (SSSR count). The highest BCUT2D eigenvalue weighted by atomic mass is 79.9. The molecule has 0 fully saturated rings. The smallest absolute Gasteiger partial charge is 0.317 e. The minimum Gasteiger partial charge on any atom is -0.369 e. The predicted molar refractivity (Wildman–Crippen MR) is 112 cm³/mol. The van der Waals surface area contributed by atoms with E-state index in [4.69, 9.17) is 5.73 Å². The maximum atomic E-state index is 12.9. The van der Waals surface area contributed by atoms with Gasteiger partial charge in [-0.05, 0) is 43.0 Å². The molecule has 148 valence electrons. The van der Waals surface area contributed by atoms with Crippen molar-refractivity contribution in [2.45, 2.75) is 31.7 Å². The summed E-state index contributed by atoms with van der Waals surface area (Å²) in [5.74, 6) is -1.77. The van der Waals surface area contributed by atoms with Crippen LogP contribution in [0.25, 0.3) is 11.0 Å². The molecule has 3 N–H and O–H groups in total. The number of nitrogens with two attached hydrogens (primary N) is 1. The van der Waals surface area contributed by atoms with Crippen LogP contribution in [0.3, 0.4) is 0 Å². The van der Waals surface area contributed by atoms with Crippen molar-refractivity contribution in [2.24, 2.45) is 5.73 Å². The lowest BCUT2D eigenvalue weighted by atomic mass is 9.82. The summed E-state index contributed by atoms with van der Waals surface area (Å²) < 4.78 is 2.17. The number of aryl methyl sites for hydroxylation is 1. The number of H-pyrrole nitrogens is 1. The van der Waals surface area contributed by atoms with Gasteiger partial charge in [0.1, 0.15) is 0 Å². The zero-order chi connectivity index (χ0) is 20.9. The summed E-state index contributed by atoms with van der Waals surface area (Å²) in [6.45, 7) is 1.42. The molecule has 2 aromatic carbocycles. The molecule has 1 aliphatic heterocycles. The number of hydrogen-bond donors (Lipinski definition) is 2. The molecule has 8 heteroatoms. The van der Waals surface area contributed by atoms with Gasteiger partial charge in [0.25, 0.3) is 0 Å². The number of amides is 1. The minimum atomic E-state index is -0.922. The van der Waals surface area contributed by atoms with Crippen LogP contribution in [0.15, 0.2) is 50.5 Å². The first kappa shape index (κ1) is 19.3. The Morgan fingerprint density at radius 1 is 1.24 bits per heavy atom. The van der Waals surface area contributed by atoms with E-state index in [1.165, 1.54) is 11.5 Å². The van der Waals surface area contributed by atoms with Crippen LogP contribution in [0.1, 0.15) is 46.8 Å². The molecular formula is C21H18BrN3O4. The molecule has 0 radical (unpaired) electrons. The SMILES string of the molecule is CC(=O)c1ccccc1C(C(N)=O)C1CCc2cc(Br)cc3[nH]c(=O)c(=O)n1c23. The average molecular weight is 456 g/mol. The van der Waals surface area contributed by atoms with Crippen molar-refractivity contribution in [2.75, 3.05) is 0 Å². The highest BCUT2D eigenvalue weighted by Gasteiger charge is 2.36. The van der Waals surface area contributed by atoms with Crippen molar-refractivity contribution >= 4 is 38.7 Å². The molecule has 1 aromatic heterocycles.